The average molecular weight is 327 g/mol. The number of nitrogens with zero attached hydrogens (tertiary/aromatic N) is 2. The largest absolute Gasteiger partial charge is 0.478 e. The third kappa shape index (κ3) is 3.89. The number of benzene rings is 1. The summed E-state index contributed by atoms with van der Waals surface area (Å²) in [5.41, 5.74) is 0.0498. The molecule has 1 aromatic heterocycles. The molecule has 0 atom stereocenters. The molecule has 0 aliphatic heterocycles. The van der Waals surface area contributed by atoms with Crippen LogP contribution in [0.25, 0.3) is 0 Å². The number of carbonyl (C=O) groups excluding carboxylic acids is 1. The number of nitrogens with one attached hydrogen (secondary N) is 2. The number of amides is 2. The summed E-state index contributed by atoms with van der Waals surface area (Å²) in [6.07, 6.45) is 0.724. The molecular weight excluding hydrogens is 316 g/mol. The summed E-state index contributed by atoms with van der Waals surface area (Å²) in [6.45, 7) is 1.93. The van der Waals surface area contributed by atoms with Gasteiger partial charge in [-0.2, -0.15) is 0 Å². The number of hydrogen-bond donors (Lipinski definition) is 3. The molecule has 21 heavy (non-hydrogen) atoms. The Morgan fingerprint density at radius 3 is 2.71 bits per heavy atom. The predicted octanol–water partition coefficient (Wildman–Crippen LogP) is 3.10. The number of aromatic nitrogens is 2. The average Bonchev–Trinajstić information content (AvgIpc) is 2.88. The van der Waals surface area contributed by atoms with E-state index in [-0.39, 0.29) is 16.3 Å². The smallest absolute Gasteiger partial charge is 0.337 e. The molecule has 0 spiro atoms. The lowest BCUT2D eigenvalue weighted by Crippen LogP contribution is -2.21. The lowest BCUT2D eigenvalue weighted by Gasteiger charge is -2.08. The maximum absolute atomic E-state index is 11.8. The van der Waals surface area contributed by atoms with Gasteiger partial charge in [0.05, 0.1) is 11.3 Å². The van der Waals surface area contributed by atoms with Gasteiger partial charge < -0.3 is 10.4 Å². The number of anilines is 2. The van der Waals surface area contributed by atoms with Gasteiger partial charge in [0.25, 0.3) is 0 Å². The second kappa shape index (κ2) is 6.51. The number of aryl methyl sites for hydroxylation is 1. The van der Waals surface area contributed by atoms with Crippen LogP contribution in [0.4, 0.5) is 15.6 Å². The van der Waals surface area contributed by atoms with Crippen LogP contribution < -0.4 is 10.6 Å². The quantitative estimate of drug-likeness (QED) is 0.800. The molecule has 3 N–H and O–H groups in total. The molecule has 2 rings (SSSR count). The van der Waals surface area contributed by atoms with Crippen molar-refractivity contribution in [2.45, 2.75) is 13.3 Å². The number of urea groups is 1. The van der Waals surface area contributed by atoms with Crippen LogP contribution in [0.15, 0.2) is 18.2 Å². The SMILES string of the molecule is CCc1nnc(NC(=O)Nc2ccc(Cl)cc2C(=O)O)s1. The fourth-order valence-corrected chi connectivity index (χ4v) is 2.35. The summed E-state index contributed by atoms with van der Waals surface area (Å²) in [5, 5.41) is 23.1. The van der Waals surface area contributed by atoms with Crippen LogP contribution in [0, 0.1) is 0 Å². The first-order valence-electron chi connectivity index (χ1n) is 5.92. The van der Waals surface area contributed by atoms with Gasteiger partial charge in [-0.3, -0.25) is 5.32 Å². The summed E-state index contributed by atoms with van der Waals surface area (Å²) in [6, 6.07) is 3.57. The molecular formula is C12H11ClN4O3S. The molecule has 2 amide bonds. The van der Waals surface area contributed by atoms with Crippen molar-refractivity contribution in [1.29, 1.82) is 0 Å². The Kier molecular flexibility index (Phi) is 4.71. The highest BCUT2D eigenvalue weighted by Gasteiger charge is 2.14. The van der Waals surface area contributed by atoms with E-state index in [0.717, 1.165) is 11.4 Å². The number of carboxylic acid groups (broad SMARTS) is 1. The van der Waals surface area contributed by atoms with Crippen molar-refractivity contribution in [2.24, 2.45) is 0 Å². The summed E-state index contributed by atoms with van der Waals surface area (Å²) in [4.78, 5) is 22.9. The fourth-order valence-electron chi connectivity index (χ4n) is 1.50. The van der Waals surface area contributed by atoms with E-state index >= 15 is 0 Å². The van der Waals surface area contributed by atoms with Crippen molar-refractivity contribution in [1.82, 2.24) is 10.2 Å². The Morgan fingerprint density at radius 1 is 1.33 bits per heavy atom. The van der Waals surface area contributed by atoms with Crippen LogP contribution in [0.1, 0.15) is 22.3 Å². The first-order valence-corrected chi connectivity index (χ1v) is 7.12. The Labute approximate surface area is 129 Å². The molecule has 9 heteroatoms. The highest BCUT2D eigenvalue weighted by atomic mass is 35.5. The van der Waals surface area contributed by atoms with Crippen molar-refractivity contribution < 1.29 is 14.7 Å². The Balaban J connectivity index is 2.10. The van der Waals surface area contributed by atoms with Crippen LogP contribution in [0.3, 0.4) is 0 Å². The zero-order valence-electron chi connectivity index (χ0n) is 10.9. The van der Waals surface area contributed by atoms with Crippen LogP contribution in [0.5, 0.6) is 0 Å². The number of aromatic carboxylic acids is 1. The van der Waals surface area contributed by atoms with Gasteiger partial charge in [0.15, 0.2) is 0 Å². The number of halogens is 1. The second-order valence-corrected chi connectivity index (χ2v) is 5.43. The first kappa shape index (κ1) is 15.2. The molecule has 0 saturated heterocycles. The maximum Gasteiger partial charge on any atom is 0.337 e. The van der Waals surface area contributed by atoms with Crippen LogP contribution in [-0.2, 0) is 6.42 Å². The molecule has 1 aromatic carbocycles. The number of rotatable bonds is 4. The van der Waals surface area contributed by atoms with Crippen molar-refractivity contribution in [3.8, 4) is 0 Å². The highest BCUT2D eigenvalue weighted by Crippen LogP contribution is 2.21. The molecule has 0 radical (unpaired) electrons. The lowest BCUT2D eigenvalue weighted by molar-refractivity contribution is 0.0698. The molecule has 7 nitrogen and oxygen atoms in total. The summed E-state index contributed by atoms with van der Waals surface area (Å²) in [7, 11) is 0. The fraction of sp³-hybridized carbons (Fsp3) is 0.167. The second-order valence-electron chi connectivity index (χ2n) is 3.93. The van der Waals surface area contributed by atoms with Gasteiger partial charge in [0.2, 0.25) is 5.13 Å². The monoisotopic (exact) mass is 326 g/mol. The molecule has 0 bridgehead atoms. The summed E-state index contributed by atoms with van der Waals surface area (Å²) >= 11 is 6.99. The molecule has 0 aliphatic rings. The van der Waals surface area contributed by atoms with Crippen LogP contribution in [0.2, 0.25) is 5.02 Å². The van der Waals surface area contributed by atoms with Crippen LogP contribution >= 0.6 is 22.9 Å². The highest BCUT2D eigenvalue weighted by molar-refractivity contribution is 7.15. The molecule has 2 aromatic rings. The minimum Gasteiger partial charge on any atom is -0.478 e. The van der Waals surface area contributed by atoms with Crippen LogP contribution in [-0.4, -0.2) is 27.3 Å². The Morgan fingerprint density at radius 2 is 2.10 bits per heavy atom. The first-order chi connectivity index (χ1) is 9.99. The third-order valence-electron chi connectivity index (χ3n) is 2.45. The zero-order valence-corrected chi connectivity index (χ0v) is 12.5. The normalized spacial score (nSPS) is 10.2. The molecule has 0 aliphatic carbocycles. The van der Waals surface area contributed by atoms with E-state index in [4.69, 9.17) is 16.7 Å². The predicted molar refractivity (Wildman–Crippen MR) is 80.3 cm³/mol. The van der Waals surface area contributed by atoms with E-state index in [2.05, 4.69) is 20.8 Å². The third-order valence-corrected chi connectivity index (χ3v) is 3.67. The van der Waals surface area contributed by atoms with Gasteiger partial charge >= 0.3 is 12.0 Å². The molecule has 1 heterocycles. The van der Waals surface area contributed by atoms with E-state index in [9.17, 15) is 9.59 Å². The molecule has 0 unspecified atom stereocenters. The van der Waals surface area contributed by atoms with Gasteiger partial charge in [-0.1, -0.05) is 29.9 Å². The van der Waals surface area contributed by atoms with Gasteiger partial charge in [-0.05, 0) is 24.6 Å². The minimum absolute atomic E-state index is 0.0934. The summed E-state index contributed by atoms with van der Waals surface area (Å²) in [5.74, 6) is -1.18. The maximum atomic E-state index is 11.8. The lowest BCUT2D eigenvalue weighted by atomic mass is 10.2. The van der Waals surface area contributed by atoms with Gasteiger partial charge in [0.1, 0.15) is 5.01 Å². The van der Waals surface area contributed by atoms with E-state index in [1.54, 1.807) is 0 Å². The Hall–Kier alpha value is -2.19. The van der Waals surface area contributed by atoms with E-state index in [1.807, 2.05) is 6.92 Å². The van der Waals surface area contributed by atoms with Gasteiger partial charge in [0, 0.05) is 5.02 Å². The van der Waals surface area contributed by atoms with Crippen molar-refractivity contribution in [3.05, 3.63) is 33.8 Å². The van der Waals surface area contributed by atoms with E-state index < -0.39 is 12.0 Å². The zero-order chi connectivity index (χ0) is 15.4. The summed E-state index contributed by atoms with van der Waals surface area (Å²) < 4.78 is 0. The number of carboxylic acids is 1. The van der Waals surface area contributed by atoms with Crippen molar-refractivity contribution in [2.75, 3.05) is 10.6 Å². The minimum atomic E-state index is -1.18. The molecule has 110 valence electrons. The molecule has 0 saturated carbocycles. The van der Waals surface area contributed by atoms with Crippen molar-refractivity contribution >= 4 is 45.8 Å². The Bertz CT molecular complexity index is 689. The van der Waals surface area contributed by atoms with Crippen molar-refractivity contribution in [3.63, 3.8) is 0 Å². The molecule has 0 fully saturated rings. The van der Waals surface area contributed by atoms with E-state index in [0.29, 0.717) is 5.13 Å². The number of carbonyl (C=O) groups is 2. The topological polar surface area (TPSA) is 104 Å². The van der Waals surface area contributed by atoms with Gasteiger partial charge in [-0.25, -0.2) is 9.59 Å². The number of hydrogen-bond acceptors (Lipinski definition) is 5. The van der Waals surface area contributed by atoms with E-state index in [1.165, 1.54) is 29.5 Å². The van der Waals surface area contributed by atoms with Gasteiger partial charge in [-0.15, -0.1) is 10.2 Å². The standard InChI is InChI=1S/C12H11ClN4O3S/c1-2-9-16-17-12(21-9)15-11(20)14-8-4-3-6(13)5-7(8)10(18)19/h3-5H,2H2,1H3,(H,18,19)(H2,14,15,17,20).